The third kappa shape index (κ3) is 4.36. The molecule has 0 bridgehead atoms. The summed E-state index contributed by atoms with van der Waals surface area (Å²) in [5.41, 5.74) is 9.69. The number of carbonyl (C=O) groups excluding carboxylic acids is 3. The highest BCUT2D eigenvalue weighted by Gasteiger charge is 2.73. The van der Waals surface area contributed by atoms with Gasteiger partial charge in [-0.3, -0.25) is 19.3 Å². The summed E-state index contributed by atoms with van der Waals surface area (Å²) >= 11 is 0. The van der Waals surface area contributed by atoms with Crippen LogP contribution in [0.2, 0.25) is 0 Å². The van der Waals surface area contributed by atoms with Crippen LogP contribution in [0.15, 0.2) is 58.5 Å². The van der Waals surface area contributed by atoms with Crippen molar-refractivity contribution in [1.29, 1.82) is 0 Å². The molecule has 16 heteroatoms. The molecule has 2 fully saturated rings. The number of nitrogens with two attached hydrogens (primary N) is 2. The van der Waals surface area contributed by atoms with Crippen molar-refractivity contribution < 1.29 is 37.8 Å². The average Bonchev–Trinajstić information content (AvgIpc) is 3.55. The number of amides is 3. The van der Waals surface area contributed by atoms with Crippen LogP contribution in [0.4, 0.5) is 13.2 Å². The van der Waals surface area contributed by atoms with Crippen LogP contribution >= 0.6 is 0 Å². The maximum atomic E-state index is 13.5. The molecule has 0 aliphatic carbocycles. The summed E-state index contributed by atoms with van der Waals surface area (Å²) in [4.78, 5) is 48.8. The van der Waals surface area contributed by atoms with Crippen LogP contribution in [-0.4, -0.2) is 92.3 Å². The van der Waals surface area contributed by atoms with Gasteiger partial charge >= 0.3 is 6.18 Å². The van der Waals surface area contributed by atoms with Crippen LogP contribution in [0.5, 0.6) is 0 Å². The molecule has 2 aromatic carbocycles. The van der Waals surface area contributed by atoms with Crippen LogP contribution in [0.3, 0.4) is 0 Å². The number of imide groups is 1. The zero-order valence-corrected chi connectivity index (χ0v) is 22.4. The minimum absolute atomic E-state index is 0.0451. The molecule has 0 saturated carbocycles. The van der Waals surface area contributed by atoms with Gasteiger partial charge in [0.25, 0.3) is 5.91 Å². The molecule has 13 nitrogen and oxygen atoms in total. The minimum atomic E-state index is -4.57. The number of carbonyl (C=O) groups is 3. The molecule has 4 aliphatic heterocycles. The molecule has 2 unspecified atom stereocenters. The number of halogens is 3. The fourth-order valence-electron chi connectivity index (χ4n) is 6.27. The smallest absolute Gasteiger partial charge is 0.370 e. The summed E-state index contributed by atoms with van der Waals surface area (Å²) in [5.74, 6) is -4.63. The fraction of sp³-hybridized carbons (Fsp3) is 0.370. The first-order valence-electron chi connectivity index (χ1n) is 13.3. The maximum Gasteiger partial charge on any atom is 0.417 e. The molecular formula is C27H27F3N8O5. The topological polar surface area (TPSA) is 199 Å². The lowest BCUT2D eigenvalue weighted by Gasteiger charge is -2.49. The van der Waals surface area contributed by atoms with Gasteiger partial charge in [-0.1, -0.05) is 30.3 Å². The second kappa shape index (κ2) is 9.67. The van der Waals surface area contributed by atoms with E-state index in [1.54, 1.807) is 0 Å². The van der Waals surface area contributed by atoms with Gasteiger partial charge in [0.15, 0.2) is 17.6 Å². The van der Waals surface area contributed by atoms with Crippen LogP contribution < -0.4 is 22.1 Å². The minimum Gasteiger partial charge on any atom is -0.370 e. The molecule has 6 rings (SSSR count). The zero-order chi connectivity index (χ0) is 30.9. The molecule has 0 radical (unpaired) electrons. The highest BCUT2D eigenvalue weighted by Crippen LogP contribution is 2.45. The lowest BCUT2D eigenvalue weighted by Crippen LogP contribution is -2.78. The van der Waals surface area contributed by atoms with Gasteiger partial charge in [-0.25, -0.2) is 9.98 Å². The Morgan fingerprint density at radius 3 is 2.35 bits per heavy atom. The van der Waals surface area contributed by atoms with E-state index in [4.69, 9.17) is 11.5 Å². The van der Waals surface area contributed by atoms with Crippen LogP contribution in [-0.2, 0) is 15.8 Å². The van der Waals surface area contributed by atoms with Gasteiger partial charge < -0.3 is 37.2 Å². The Morgan fingerprint density at radius 1 is 1.05 bits per heavy atom. The van der Waals surface area contributed by atoms with Crippen molar-refractivity contribution in [1.82, 2.24) is 20.4 Å². The highest BCUT2D eigenvalue weighted by atomic mass is 19.4. The van der Waals surface area contributed by atoms with Crippen LogP contribution in [0, 0.1) is 0 Å². The number of hydrogen-bond acceptors (Lipinski definition) is 11. The zero-order valence-electron chi connectivity index (χ0n) is 22.4. The first-order chi connectivity index (χ1) is 20.2. The standard InChI is InChI=1S/C27H27F3N8O5/c28-27(29,30)16-4-2-1-3-15(16)13-5-7-14(8-6-13)22(41)34-18-12-38-24(32)33-17(11-37-19(39)9-10-20(37)40)21-25(38,26(18,42)43)36-23(31)35-21/h1-8,17-18,21,42-43H,9-12H2,(H2,32,33)(H,34,41)(H3,31,35,36)/t17-,18?,21-,25?/m0/s1. The summed E-state index contributed by atoms with van der Waals surface area (Å²) < 4.78 is 40.5. The molecule has 226 valence electrons. The SMILES string of the molecule is NC1=N[C@H]2[C@H](CN3C(=O)CCC3=O)N=C(N)N3CC(NC(=O)c4ccc(-c5ccccc5C(F)(F)F)cc4)C(O)(O)C23N1. The van der Waals surface area contributed by atoms with Gasteiger partial charge in [-0.05, 0) is 29.3 Å². The van der Waals surface area contributed by atoms with E-state index in [2.05, 4.69) is 20.6 Å². The highest BCUT2D eigenvalue weighted by molar-refractivity contribution is 6.02. The summed E-state index contributed by atoms with van der Waals surface area (Å²) in [6.45, 7) is -0.459. The van der Waals surface area contributed by atoms with Gasteiger partial charge in [-0.2, -0.15) is 13.2 Å². The first kappa shape index (κ1) is 28.4. The molecule has 3 amide bonds. The van der Waals surface area contributed by atoms with Gasteiger partial charge in [0, 0.05) is 24.9 Å². The normalized spacial score (nSPS) is 27.8. The van der Waals surface area contributed by atoms with Crippen molar-refractivity contribution >= 4 is 29.6 Å². The predicted octanol–water partition coefficient (Wildman–Crippen LogP) is -0.704. The number of benzene rings is 2. The largest absolute Gasteiger partial charge is 0.417 e. The Morgan fingerprint density at radius 2 is 1.70 bits per heavy atom. The maximum absolute atomic E-state index is 13.5. The lowest BCUT2D eigenvalue weighted by molar-refractivity contribution is -0.230. The van der Waals surface area contributed by atoms with Gasteiger partial charge in [0.1, 0.15) is 12.1 Å². The quantitative estimate of drug-likeness (QED) is 0.190. The van der Waals surface area contributed by atoms with Gasteiger partial charge in [0.2, 0.25) is 17.6 Å². The molecule has 4 heterocycles. The Bertz CT molecular complexity index is 1560. The van der Waals surface area contributed by atoms with Crippen molar-refractivity contribution in [3.8, 4) is 11.1 Å². The summed E-state index contributed by atoms with van der Waals surface area (Å²) in [7, 11) is 0. The molecule has 8 N–H and O–H groups in total. The lowest BCUT2D eigenvalue weighted by atomic mass is 9.84. The number of hydrogen-bond donors (Lipinski definition) is 6. The second-order valence-corrected chi connectivity index (χ2v) is 10.8. The Balaban J connectivity index is 1.25. The summed E-state index contributed by atoms with van der Waals surface area (Å²) in [6.07, 6.45) is -4.48. The number of alkyl halides is 3. The molecule has 2 saturated heterocycles. The number of nitrogens with one attached hydrogen (secondary N) is 2. The van der Waals surface area contributed by atoms with E-state index in [0.717, 1.165) is 11.0 Å². The molecule has 4 aliphatic rings. The summed E-state index contributed by atoms with van der Waals surface area (Å²) in [5, 5.41) is 28.5. The van der Waals surface area contributed by atoms with E-state index < -0.39 is 59.0 Å². The van der Waals surface area contributed by atoms with Crippen molar-refractivity contribution in [3.63, 3.8) is 0 Å². The van der Waals surface area contributed by atoms with E-state index in [9.17, 15) is 37.8 Å². The van der Waals surface area contributed by atoms with Crippen molar-refractivity contribution in [2.75, 3.05) is 13.1 Å². The molecule has 2 aromatic rings. The average molecular weight is 601 g/mol. The van der Waals surface area contributed by atoms with Gasteiger partial charge in [0.05, 0.1) is 18.2 Å². The number of guanidine groups is 2. The van der Waals surface area contributed by atoms with Gasteiger partial charge in [-0.15, -0.1) is 0 Å². The third-order valence-corrected chi connectivity index (χ3v) is 8.32. The van der Waals surface area contributed by atoms with Crippen LogP contribution in [0.25, 0.3) is 11.1 Å². The Labute approximate surface area is 242 Å². The van der Waals surface area contributed by atoms with Crippen molar-refractivity contribution in [2.45, 2.75) is 48.6 Å². The third-order valence-electron chi connectivity index (χ3n) is 8.32. The van der Waals surface area contributed by atoms with E-state index in [-0.39, 0.29) is 54.5 Å². The molecule has 0 aromatic heterocycles. The van der Waals surface area contributed by atoms with E-state index in [1.807, 2.05) is 0 Å². The molecule has 4 atom stereocenters. The fourth-order valence-corrected chi connectivity index (χ4v) is 6.27. The van der Waals surface area contributed by atoms with Crippen molar-refractivity contribution in [3.05, 3.63) is 59.7 Å². The molecular weight excluding hydrogens is 573 g/mol. The number of likely N-dealkylation sites (tertiary alicyclic amines) is 1. The molecule has 1 spiro atoms. The molecule has 43 heavy (non-hydrogen) atoms. The van der Waals surface area contributed by atoms with E-state index >= 15 is 0 Å². The van der Waals surface area contributed by atoms with Crippen LogP contribution in [0.1, 0.15) is 28.8 Å². The second-order valence-electron chi connectivity index (χ2n) is 10.8. The Kier molecular flexibility index (Phi) is 6.39. The number of aliphatic hydroxyl groups is 2. The number of aliphatic imine (C=N–C) groups is 2. The monoisotopic (exact) mass is 600 g/mol. The van der Waals surface area contributed by atoms with Crippen molar-refractivity contribution in [2.24, 2.45) is 21.5 Å². The number of nitrogens with zero attached hydrogens (tertiary/aromatic N) is 4. The van der Waals surface area contributed by atoms with E-state index in [1.165, 1.54) is 47.4 Å². The first-order valence-corrected chi connectivity index (χ1v) is 13.3. The predicted molar refractivity (Wildman–Crippen MR) is 145 cm³/mol. The summed E-state index contributed by atoms with van der Waals surface area (Å²) in [6, 6.07) is 6.94. The number of rotatable bonds is 5. The van der Waals surface area contributed by atoms with E-state index in [0.29, 0.717) is 0 Å². The Hall–Kier alpha value is -4.70.